The van der Waals surface area contributed by atoms with E-state index in [-0.39, 0.29) is 40.8 Å². The topological polar surface area (TPSA) is 94.2 Å². The number of anilines is 2. The Labute approximate surface area is 235 Å². The van der Waals surface area contributed by atoms with E-state index in [1.165, 1.54) is 31.4 Å². The Morgan fingerprint density at radius 1 is 0.974 bits per heavy atom. The number of fused-ring (bicyclic) bond motifs is 1. The second-order valence-corrected chi connectivity index (χ2v) is 10.4. The molecule has 0 spiro atoms. The van der Waals surface area contributed by atoms with Gasteiger partial charge in [0.15, 0.2) is 30.5 Å². The van der Waals surface area contributed by atoms with E-state index in [1.54, 1.807) is 12.1 Å². The Hall–Kier alpha value is -4.11. The molecule has 0 saturated heterocycles. The third-order valence-corrected chi connectivity index (χ3v) is 7.00. The smallest absolute Gasteiger partial charge is 0.338 e. The third kappa shape index (κ3) is 6.31. The number of rotatable bonds is 9. The van der Waals surface area contributed by atoms with Crippen LogP contribution in [0.1, 0.15) is 29.8 Å². The summed E-state index contributed by atoms with van der Waals surface area (Å²) in [5, 5.41) is 2.73. The van der Waals surface area contributed by atoms with Gasteiger partial charge in [-0.3, -0.25) is 9.59 Å². The summed E-state index contributed by atoms with van der Waals surface area (Å²) in [6, 6.07) is 19.6. The molecule has 1 amide bonds. The first-order valence-corrected chi connectivity index (χ1v) is 13.0. The molecule has 0 aliphatic carbocycles. The van der Waals surface area contributed by atoms with Crippen molar-refractivity contribution >= 4 is 45.0 Å². The van der Waals surface area contributed by atoms with Crippen LogP contribution in [0.3, 0.4) is 0 Å². The van der Waals surface area contributed by atoms with Crippen LogP contribution in [0.4, 0.5) is 11.4 Å². The Morgan fingerprint density at radius 3 is 2.38 bits per heavy atom. The molecule has 0 saturated carbocycles. The van der Waals surface area contributed by atoms with Gasteiger partial charge in [0.05, 0.1) is 12.7 Å². The molecule has 0 aromatic heterocycles. The quantitative estimate of drug-likeness (QED) is 0.258. The molecule has 9 heteroatoms. The van der Waals surface area contributed by atoms with Crippen LogP contribution in [-0.4, -0.2) is 45.0 Å². The van der Waals surface area contributed by atoms with Crippen molar-refractivity contribution in [1.29, 1.82) is 0 Å². The van der Waals surface area contributed by atoms with Gasteiger partial charge in [0.2, 0.25) is 0 Å². The van der Waals surface area contributed by atoms with E-state index < -0.39 is 12.6 Å². The molecule has 0 atom stereocenters. The second kappa shape index (κ2) is 11.7. The van der Waals surface area contributed by atoms with E-state index in [2.05, 4.69) is 35.1 Å². The molecular formula is C30H29BrN2O6. The van der Waals surface area contributed by atoms with Gasteiger partial charge < -0.3 is 24.4 Å². The van der Waals surface area contributed by atoms with Crippen molar-refractivity contribution in [2.45, 2.75) is 19.3 Å². The maximum absolute atomic E-state index is 12.7. The molecule has 4 rings (SSSR count). The lowest BCUT2D eigenvalue weighted by molar-refractivity contribution is -0.118. The van der Waals surface area contributed by atoms with Crippen LogP contribution in [0, 0.1) is 0 Å². The first-order chi connectivity index (χ1) is 18.6. The Morgan fingerprint density at radius 2 is 1.69 bits per heavy atom. The number of hydrogen-bond donors (Lipinski definition) is 1. The normalized spacial score (nSPS) is 14.5. The van der Waals surface area contributed by atoms with Crippen LogP contribution < -0.4 is 19.7 Å². The van der Waals surface area contributed by atoms with Gasteiger partial charge in [-0.2, -0.15) is 0 Å². The standard InChI is InChI=1S/C30H29BrN2O6/c1-30(2)23-7-5-6-8-24(23)33(3)27(30)16-22(34)17-39-29(36)19-9-14-25(26(15-19)37-4)38-18-28(35)32-21-12-10-20(31)11-13-21/h5-16H,17-18H2,1-4H3,(H,32,35)/b27-16+. The van der Waals surface area contributed by atoms with Crippen molar-refractivity contribution in [3.8, 4) is 11.5 Å². The number of ether oxygens (including phenoxy) is 3. The van der Waals surface area contributed by atoms with E-state index in [4.69, 9.17) is 14.2 Å². The summed E-state index contributed by atoms with van der Waals surface area (Å²) in [4.78, 5) is 39.6. The number of carbonyl (C=O) groups excluding carboxylic acids is 3. The molecular weight excluding hydrogens is 564 g/mol. The number of allylic oxidation sites excluding steroid dienone is 1. The zero-order valence-electron chi connectivity index (χ0n) is 22.1. The second-order valence-electron chi connectivity index (χ2n) is 9.48. The third-order valence-electron chi connectivity index (χ3n) is 6.47. The molecule has 1 aliphatic rings. The highest BCUT2D eigenvalue weighted by Crippen LogP contribution is 2.46. The summed E-state index contributed by atoms with van der Waals surface area (Å²) in [6.45, 7) is 3.45. The number of halogens is 1. The van der Waals surface area contributed by atoms with Crippen LogP contribution in [0.15, 0.2) is 83.0 Å². The van der Waals surface area contributed by atoms with Gasteiger partial charge in [-0.05, 0) is 54.1 Å². The number of likely N-dealkylation sites (N-methyl/N-ethyl adjacent to an activating group) is 1. The number of benzene rings is 3. The fourth-order valence-electron chi connectivity index (χ4n) is 4.46. The van der Waals surface area contributed by atoms with Crippen LogP contribution in [-0.2, 0) is 19.7 Å². The van der Waals surface area contributed by atoms with E-state index >= 15 is 0 Å². The molecule has 0 bridgehead atoms. The molecule has 0 radical (unpaired) electrons. The number of esters is 1. The highest BCUT2D eigenvalue weighted by molar-refractivity contribution is 9.10. The SMILES string of the molecule is COc1cc(C(=O)OCC(=O)/C=C2/N(C)c3ccccc3C2(C)C)ccc1OCC(=O)Nc1ccc(Br)cc1. The van der Waals surface area contributed by atoms with Crippen molar-refractivity contribution in [3.63, 3.8) is 0 Å². The molecule has 202 valence electrons. The summed E-state index contributed by atoms with van der Waals surface area (Å²) in [6.07, 6.45) is 1.53. The minimum Gasteiger partial charge on any atom is -0.493 e. The van der Waals surface area contributed by atoms with E-state index in [0.717, 1.165) is 21.4 Å². The number of ketones is 1. The molecule has 3 aromatic carbocycles. The van der Waals surface area contributed by atoms with Gasteiger partial charge in [-0.15, -0.1) is 0 Å². The first-order valence-electron chi connectivity index (χ1n) is 12.2. The molecule has 3 aromatic rings. The van der Waals surface area contributed by atoms with Gasteiger partial charge in [-0.1, -0.05) is 48.0 Å². The Bertz CT molecular complexity index is 1430. The maximum atomic E-state index is 12.7. The molecule has 1 N–H and O–H groups in total. The molecule has 0 unspecified atom stereocenters. The lowest BCUT2D eigenvalue weighted by Crippen LogP contribution is -2.25. The van der Waals surface area contributed by atoms with Crippen LogP contribution in [0.25, 0.3) is 0 Å². The van der Waals surface area contributed by atoms with E-state index in [9.17, 15) is 14.4 Å². The summed E-state index contributed by atoms with van der Waals surface area (Å²) in [5.74, 6) is -0.820. The van der Waals surface area contributed by atoms with Crippen molar-refractivity contribution in [2.75, 3.05) is 37.6 Å². The van der Waals surface area contributed by atoms with Crippen LogP contribution >= 0.6 is 15.9 Å². The molecule has 8 nitrogen and oxygen atoms in total. The summed E-state index contributed by atoms with van der Waals surface area (Å²) in [7, 11) is 3.34. The number of hydrogen-bond acceptors (Lipinski definition) is 7. The molecule has 39 heavy (non-hydrogen) atoms. The minimum atomic E-state index is -0.679. The van der Waals surface area contributed by atoms with Gasteiger partial charge in [0.25, 0.3) is 5.91 Å². The largest absolute Gasteiger partial charge is 0.493 e. The van der Waals surface area contributed by atoms with Gasteiger partial charge in [-0.25, -0.2) is 4.79 Å². The predicted octanol–water partition coefficient (Wildman–Crippen LogP) is 5.51. The highest BCUT2D eigenvalue weighted by atomic mass is 79.9. The fraction of sp³-hybridized carbons (Fsp3) is 0.233. The number of amides is 1. The van der Waals surface area contributed by atoms with Crippen molar-refractivity contribution in [1.82, 2.24) is 0 Å². The zero-order chi connectivity index (χ0) is 28.2. The van der Waals surface area contributed by atoms with Crippen LogP contribution in [0.5, 0.6) is 11.5 Å². The fourth-order valence-corrected chi connectivity index (χ4v) is 4.72. The molecule has 1 heterocycles. The monoisotopic (exact) mass is 592 g/mol. The number of nitrogens with one attached hydrogen (secondary N) is 1. The minimum absolute atomic E-state index is 0.185. The van der Waals surface area contributed by atoms with E-state index in [1.807, 2.05) is 48.3 Å². The number of methoxy groups -OCH3 is 1. The average Bonchev–Trinajstić information content (AvgIpc) is 3.12. The summed E-state index contributed by atoms with van der Waals surface area (Å²) in [5.41, 5.74) is 3.46. The molecule has 1 aliphatic heterocycles. The Kier molecular flexibility index (Phi) is 8.40. The zero-order valence-corrected chi connectivity index (χ0v) is 23.7. The van der Waals surface area contributed by atoms with Crippen molar-refractivity contribution < 1.29 is 28.6 Å². The lowest BCUT2D eigenvalue weighted by Gasteiger charge is -2.23. The number of nitrogens with zero attached hydrogens (tertiary/aromatic N) is 1. The number of carbonyl (C=O) groups is 3. The highest BCUT2D eigenvalue weighted by Gasteiger charge is 2.38. The van der Waals surface area contributed by atoms with Gasteiger partial charge >= 0.3 is 5.97 Å². The summed E-state index contributed by atoms with van der Waals surface area (Å²) < 4.78 is 17.1. The van der Waals surface area contributed by atoms with Gasteiger partial charge in [0, 0.05) is 40.1 Å². The maximum Gasteiger partial charge on any atom is 0.338 e. The van der Waals surface area contributed by atoms with Gasteiger partial charge in [0.1, 0.15) is 0 Å². The number of para-hydroxylation sites is 1. The van der Waals surface area contributed by atoms with Crippen molar-refractivity contribution in [3.05, 3.63) is 94.1 Å². The predicted molar refractivity (Wildman–Crippen MR) is 153 cm³/mol. The average molecular weight is 593 g/mol. The van der Waals surface area contributed by atoms with Crippen LogP contribution in [0.2, 0.25) is 0 Å². The first kappa shape index (κ1) is 27.9. The lowest BCUT2D eigenvalue weighted by atomic mass is 9.83. The summed E-state index contributed by atoms with van der Waals surface area (Å²) >= 11 is 3.35. The molecule has 0 fully saturated rings. The van der Waals surface area contributed by atoms with Crippen molar-refractivity contribution in [2.24, 2.45) is 0 Å². The Balaban J connectivity index is 1.34. The van der Waals surface area contributed by atoms with E-state index in [0.29, 0.717) is 5.69 Å².